The summed E-state index contributed by atoms with van der Waals surface area (Å²) >= 11 is 4.97. The van der Waals surface area contributed by atoms with Gasteiger partial charge in [-0.1, -0.05) is 182 Å². The zero-order valence-corrected chi connectivity index (χ0v) is 59.3. The number of halogens is 1. The summed E-state index contributed by atoms with van der Waals surface area (Å²) in [6, 6.07) is 67.0. The van der Waals surface area contributed by atoms with E-state index >= 15 is 0 Å². The van der Waals surface area contributed by atoms with Gasteiger partial charge >= 0.3 is 11.5 Å². The number of sulfonamides is 2. The van der Waals surface area contributed by atoms with Crippen LogP contribution in [0.1, 0.15) is 45.5 Å². The highest BCUT2D eigenvalue weighted by Gasteiger charge is 2.45. The lowest BCUT2D eigenvalue weighted by atomic mass is 9.96. The number of carbonyl (C=O) groups is 4. The third kappa shape index (κ3) is 18.8. The van der Waals surface area contributed by atoms with Crippen molar-refractivity contribution in [2.24, 2.45) is 0 Å². The van der Waals surface area contributed by atoms with E-state index in [2.05, 4.69) is 92.6 Å². The van der Waals surface area contributed by atoms with Crippen molar-refractivity contribution in [3.63, 3.8) is 0 Å². The molecular formula is C76H85ClN8O14S2. The summed E-state index contributed by atoms with van der Waals surface area (Å²) in [5.41, 5.74) is 5.71. The Hall–Kier alpha value is -9.37. The highest BCUT2D eigenvalue weighted by molar-refractivity contribution is 7.89. The van der Waals surface area contributed by atoms with Crippen molar-refractivity contribution < 1.29 is 64.4 Å². The molecule has 3 amide bonds. The Morgan fingerprint density at radius 3 is 1.14 bits per heavy atom. The molecule has 4 aliphatic heterocycles. The van der Waals surface area contributed by atoms with E-state index in [9.17, 15) is 36.0 Å². The number of benzene rings is 8. The van der Waals surface area contributed by atoms with Crippen LogP contribution in [0.4, 0.5) is 9.59 Å². The lowest BCUT2D eigenvalue weighted by Gasteiger charge is -2.44. The quantitative estimate of drug-likeness (QED) is 0.0700. The summed E-state index contributed by atoms with van der Waals surface area (Å²) in [6.07, 6.45) is -0.604. The van der Waals surface area contributed by atoms with E-state index in [1.807, 2.05) is 109 Å². The van der Waals surface area contributed by atoms with Crippen molar-refractivity contribution in [1.29, 1.82) is 0 Å². The Kier molecular flexibility index (Phi) is 26.3. The van der Waals surface area contributed by atoms with Gasteiger partial charge in [0.25, 0.3) is 0 Å². The van der Waals surface area contributed by atoms with Crippen molar-refractivity contribution in [1.82, 2.24) is 38.4 Å². The molecule has 2 atom stereocenters. The van der Waals surface area contributed by atoms with E-state index in [4.69, 9.17) is 35.3 Å². The predicted molar refractivity (Wildman–Crippen MR) is 384 cm³/mol. The monoisotopic (exact) mass is 1430 g/mol. The maximum atomic E-state index is 14.4. The lowest BCUT2D eigenvalue weighted by Crippen LogP contribution is -2.63. The van der Waals surface area contributed by atoms with Crippen LogP contribution in [0.15, 0.2) is 228 Å². The maximum absolute atomic E-state index is 14.4. The molecule has 0 aromatic heterocycles. The summed E-state index contributed by atoms with van der Waals surface area (Å²) < 4.78 is 89.8. The van der Waals surface area contributed by atoms with Crippen molar-refractivity contribution in [3.05, 3.63) is 252 Å². The second kappa shape index (κ2) is 35.8. The summed E-state index contributed by atoms with van der Waals surface area (Å²) in [6.45, 7) is 5.45. The molecule has 0 aliphatic carbocycles. The van der Waals surface area contributed by atoms with E-state index in [0.717, 1.165) is 22.3 Å². The third-order valence-electron chi connectivity index (χ3n) is 18.1. The van der Waals surface area contributed by atoms with Crippen LogP contribution < -0.4 is 24.3 Å². The van der Waals surface area contributed by atoms with E-state index in [0.29, 0.717) is 76.2 Å². The molecule has 4 heterocycles. The van der Waals surface area contributed by atoms with E-state index in [1.54, 1.807) is 15.9 Å². The lowest BCUT2D eigenvalue weighted by molar-refractivity contribution is -0.139. The van der Waals surface area contributed by atoms with E-state index in [1.165, 1.54) is 83.4 Å². The largest absolute Gasteiger partial charge is 0.493 e. The fourth-order valence-electron chi connectivity index (χ4n) is 12.9. The van der Waals surface area contributed by atoms with E-state index < -0.39 is 43.7 Å². The fraction of sp³-hybridized carbons (Fsp3) is 0.316. The number of rotatable bonds is 20. The van der Waals surface area contributed by atoms with Crippen LogP contribution in [0.2, 0.25) is 0 Å². The molecule has 8 aromatic rings. The number of carbonyl (C=O) groups excluding carboxylic acids is 4. The topological polar surface area (TPSA) is 227 Å². The van der Waals surface area contributed by atoms with Gasteiger partial charge in [0.2, 0.25) is 31.9 Å². The van der Waals surface area contributed by atoms with Crippen LogP contribution >= 0.6 is 11.6 Å². The summed E-state index contributed by atoms with van der Waals surface area (Å²) in [7, 11) is -2.28. The van der Waals surface area contributed by atoms with Gasteiger partial charge in [-0.15, -0.1) is 0 Å². The van der Waals surface area contributed by atoms with Gasteiger partial charge < -0.3 is 48.4 Å². The number of piperazine rings is 4. The standard InChI is InChI=1S/C38H42N4O7S.C30H36N4O5S.C8H7ClO2/c1-47-34-19-18-32(26-35(34)48-2)50(45,46)42-25-24-41(38(44)49-28-29-12-6-3-7-13-29)27-33(42)37(43)40-22-20-39(21-23-40)36(30-14-8-4-9-15-30)31-16-10-5-11-17-31;1-38-27-14-13-25(21-28(27)39-2)40(36,37)34-16-15-31-22-26(34)30(35)33-19-17-32(18-20-33)29(23-9-5-3-6-10-23)24-11-7-4-8-12-24;9-8(10)11-6-7-4-2-1-3-5-7/h3-19,26,33,36H,20-25,27-28H2,1-2H3;3-14,21,26,29,31H,15-20,22H2,1-2H3;1-5H,6H2. The van der Waals surface area contributed by atoms with Gasteiger partial charge in [0, 0.05) is 115 Å². The van der Waals surface area contributed by atoms with Gasteiger partial charge in [0.1, 0.15) is 25.3 Å². The Morgan fingerprint density at radius 2 is 0.762 bits per heavy atom. The molecule has 0 bridgehead atoms. The number of amides is 3. The fourth-order valence-corrected chi connectivity index (χ4v) is 16.2. The minimum atomic E-state index is -4.19. The molecule has 4 fully saturated rings. The van der Waals surface area contributed by atoms with Crippen LogP contribution in [0.5, 0.6) is 23.0 Å². The van der Waals surface area contributed by atoms with Crippen molar-refractivity contribution >= 4 is 55.0 Å². The van der Waals surface area contributed by atoms with Crippen LogP contribution in [0.25, 0.3) is 0 Å². The number of ether oxygens (including phenoxy) is 6. The molecule has 1 N–H and O–H groups in total. The number of hydrogen-bond acceptors (Lipinski definition) is 17. The first-order valence-electron chi connectivity index (χ1n) is 33.3. The number of methoxy groups -OCH3 is 4. The van der Waals surface area contributed by atoms with Crippen molar-refractivity contribution in [3.8, 4) is 23.0 Å². The molecule has 0 saturated carbocycles. The molecule has 4 aliphatic rings. The Balaban J connectivity index is 0.000000192. The molecule has 8 aromatic carbocycles. The van der Waals surface area contributed by atoms with Crippen LogP contribution in [-0.2, 0) is 52.3 Å². The van der Waals surface area contributed by atoms with Crippen molar-refractivity contribution in [2.45, 2.75) is 47.2 Å². The van der Waals surface area contributed by atoms with Gasteiger partial charge in [-0.25, -0.2) is 26.4 Å². The zero-order valence-electron chi connectivity index (χ0n) is 56.9. The number of hydrogen-bond donors (Lipinski definition) is 1. The molecule has 25 heteroatoms. The molecule has 0 spiro atoms. The van der Waals surface area contributed by atoms with Gasteiger partial charge in [0.15, 0.2) is 23.0 Å². The molecule has 0 radical (unpaired) electrons. The average molecular weight is 1430 g/mol. The van der Waals surface area contributed by atoms with Gasteiger partial charge in [-0.3, -0.25) is 19.4 Å². The van der Waals surface area contributed by atoms with Crippen LogP contribution in [-0.4, -0.2) is 205 Å². The Bertz CT molecular complexity index is 4150. The predicted octanol–water partition coefficient (Wildman–Crippen LogP) is 9.81. The smallest absolute Gasteiger partial charge is 0.410 e. The SMILES string of the molecule is COc1ccc(S(=O)(=O)N2CCN(C(=O)OCc3ccccc3)CC2C(=O)N2CCN(C(c3ccccc3)c3ccccc3)CC2)cc1OC.COc1ccc(S(=O)(=O)N2CCNCC2C(=O)N2CCN(C(c3ccccc3)c3ccccc3)CC2)cc1OC.O=C(Cl)OCc1ccccc1. The maximum Gasteiger partial charge on any atom is 0.410 e. The number of nitrogens with zero attached hydrogens (tertiary/aromatic N) is 7. The number of nitrogens with one attached hydrogen (secondary N) is 1. The molecule has 22 nitrogen and oxygen atoms in total. The van der Waals surface area contributed by atoms with Crippen LogP contribution in [0, 0.1) is 0 Å². The first kappa shape index (κ1) is 74.3. The second-order valence-electron chi connectivity index (χ2n) is 24.2. The summed E-state index contributed by atoms with van der Waals surface area (Å²) in [4.78, 5) is 61.3. The average Bonchev–Trinajstić information content (AvgIpc) is 0.770. The van der Waals surface area contributed by atoms with E-state index in [-0.39, 0.29) is 85.4 Å². The summed E-state index contributed by atoms with van der Waals surface area (Å²) in [5, 5.41) is 3.21. The highest BCUT2D eigenvalue weighted by atomic mass is 35.5. The molecule has 4 saturated heterocycles. The summed E-state index contributed by atoms with van der Waals surface area (Å²) in [5.74, 6) is 0.868. The molecule has 101 heavy (non-hydrogen) atoms. The van der Waals surface area contributed by atoms with Gasteiger partial charge in [-0.2, -0.15) is 8.61 Å². The Morgan fingerprint density at radius 1 is 0.416 bits per heavy atom. The van der Waals surface area contributed by atoms with Crippen LogP contribution in [0.3, 0.4) is 0 Å². The normalized spacial score (nSPS) is 17.1. The zero-order chi connectivity index (χ0) is 71.3. The minimum Gasteiger partial charge on any atom is -0.493 e. The van der Waals surface area contributed by atoms with Gasteiger partial charge in [-0.05, 0) is 57.6 Å². The molecule has 12 rings (SSSR count). The molecule has 532 valence electrons. The Labute approximate surface area is 596 Å². The minimum absolute atomic E-state index is 0.00105. The first-order chi connectivity index (χ1) is 49.0. The third-order valence-corrected chi connectivity index (χ3v) is 22.0. The first-order valence-corrected chi connectivity index (χ1v) is 36.5. The second-order valence-corrected chi connectivity index (χ2v) is 28.3. The molecule has 2 unspecified atom stereocenters. The molecular weight excluding hydrogens is 1350 g/mol. The van der Waals surface area contributed by atoms with Crippen molar-refractivity contribution in [2.75, 3.05) is 120 Å². The highest BCUT2D eigenvalue weighted by Crippen LogP contribution is 2.36. The van der Waals surface area contributed by atoms with Gasteiger partial charge in [0.05, 0.1) is 50.3 Å².